The zero-order valence-electron chi connectivity index (χ0n) is 8.25. The van der Waals surface area contributed by atoms with Gasteiger partial charge in [-0.15, -0.1) is 0 Å². The molecule has 0 saturated heterocycles. The van der Waals surface area contributed by atoms with E-state index in [0.29, 0.717) is 0 Å². The molecule has 1 spiro atoms. The van der Waals surface area contributed by atoms with Crippen molar-refractivity contribution in [3.63, 3.8) is 0 Å². The smallest absolute Gasteiger partial charge is 0.124 e. The molecule has 1 heterocycles. The zero-order chi connectivity index (χ0) is 9.43. The SMILES string of the molecule is c1ccc2c(c1)CNCC1(CCC1)O2. The number of ether oxygens (including phenoxy) is 1. The van der Waals surface area contributed by atoms with Crippen LogP contribution in [0.5, 0.6) is 5.75 Å². The average molecular weight is 189 g/mol. The molecular formula is C12H15NO. The first-order chi connectivity index (χ1) is 6.88. The van der Waals surface area contributed by atoms with Gasteiger partial charge in [0.15, 0.2) is 0 Å². The molecule has 1 N–H and O–H groups in total. The Morgan fingerprint density at radius 2 is 2.07 bits per heavy atom. The molecule has 2 aliphatic rings. The largest absolute Gasteiger partial charge is 0.486 e. The molecule has 2 heteroatoms. The predicted octanol–water partition coefficient (Wildman–Crippen LogP) is 2.09. The molecule has 2 nitrogen and oxygen atoms in total. The van der Waals surface area contributed by atoms with Gasteiger partial charge in [0.25, 0.3) is 0 Å². The van der Waals surface area contributed by atoms with Gasteiger partial charge >= 0.3 is 0 Å². The van der Waals surface area contributed by atoms with Crippen LogP contribution in [-0.2, 0) is 6.54 Å². The fourth-order valence-corrected chi connectivity index (χ4v) is 2.29. The molecule has 14 heavy (non-hydrogen) atoms. The van der Waals surface area contributed by atoms with Crippen LogP contribution >= 0.6 is 0 Å². The van der Waals surface area contributed by atoms with Crippen LogP contribution in [0, 0.1) is 0 Å². The minimum absolute atomic E-state index is 0.118. The molecule has 1 aliphatic heterocycles. The van der Waals surface area contributed by atoms with Crippen LogP contribution in [0.3, 0.4) is 0 Å². The summed E-state index contributed by atoms with van der Waals surface area (Å²) in [4.78, 5) is 0. The Bertz CT molecular complexity index is 344. The first-order valence-electron chi connectivity index (χ1n) is 5.36. The number of para-hydroxylation sites is 1. The molecule has 1 aliphatic carbocycles. The van der Waals surface area contributed by atoms with Crippen LogP contribution in [0.1, 0.15) is 24.8 Å². The molecule has 3 rings (SSSR count). The van der Waals surface area contributed by atoms with Gasteiger partial charge in [0.1, 0.15) is 11.4 Å². The lowest BCUT2D eigenvalue weighted by Gasteiger charge is -2.41. The summed E-state index contributed by atoms with van der Waals surface area (Å²) in [5, 5.41) is 3.47. The second-order valence-electron chi connectivity index (χ2n) is 4.35. The van der Waals surface area contributed by atoms with E-state index in [-0.39, 0.29) is 5.60 Å². The Balaban J connectivity index is 1.94. The van der Waals surface area contributed by atoms with Gasteiger partial charge in [0.05, 0.1) is 0 Å². The summed E-state index contributed by atoms with van der Waals surface area (Å²) in [5.74, 6) is 1.08. The minimum Gasteiger partial charge on any atom is -0.486 e. The van der Waals surface area contributed by atoms with Crippen molar-refractivity contribution in [2.75, 3.05) is 6.54 Å². The highest BCUT2D eigenvalue weighted by atomic mass is 16.5. The fourth-order valence-electron chi connectivity index (χ4n) is 2.29. The third-order valence-electron chi connectivity index (χ3n) is 3.33. The average Bonchev–Trinajstić information content (AvgIpc) is 2.35. The van der Waals surface area contributed by atoms with Crippen molar-refractivity contribution < 1.29 is 4.74 Å². The molecule has 0 bridgehead atoms. The number of hydrogen-bond acceptors (Lipinski definition) is 2. The van der Waals surface area contributed by atoms with E-state index in [1.807, 2.05) is 0 Å². The highest BCUT2D eigenvalue weighted by Crippen LogP contribution is 2.38. The van der Waals surface area contributed by atoms with Gasteiger partial charge in [0, 0.05) is 18.7 Å². The summed E-state index contributed by atoms with van der Waals surface area (Å²) in [6, 6.07) is 8.35. The topological polar surface area (TPSA) is 21.3 Å². The van der Waals surface area contributed by atoms with Gasteiger partial charge in [-0.2, -0.15) is 0 Å². The van der Waals surface area contributed by atoms with Gasteiger partial charge < -0.3 is 10.1 Å². The first kappa shape index (κ1) is 8.30. The van der Waals surface area contributed by atoms with Crippen LogP contribution in [0.4, 0.5) is 0 Å². The van der Waals surface area contributed by atoms with Gasteiger partial charge in [-0.05, 0) is 25.3 Å². The third kappa shape index (κ3) is 1.22. The Morgan fingerprint density at radius 3 is 2.86 bits per heavy atom. The lowest BCUT2D eigenvalue weighted by Crippen LogP contribution is -2.49. The van der Waals surface area contributed by atoms with Crippen LogP contribution in [0.25, 0.3) is 0 Å². The molecule has 1 aromatic carbocycles. The number of rotatable bonds is 0. The molecule has 74 valence electrons. The number of fused-ring (bicyclic) bond motifs is 1. The van der Waals surface area contributed by atoms with E-state index >= 15 is 0 Å². The van der Waals surface area contributed by atoms with Crippen LogP contribution in [-0.4, -0.2) is 12.1 Å². The second-order valence-corrected chi connectivity index (χ2v) is 4.35. The number of nitrogens with one attached hydrogen (secondary N) is 1. The summed E-state index contributed by atoms with van der Waals surface area (Å²) in [5.41, 5.74) is 1.41. The lowest BCUT2D eigenvalue weighted by molar-refractivity contribution is -0.00147. The molecule has 0 atom stereocenters. The quantitative estimate of drug-likeness (QED) is 0.674. The summed E-state index contributed by atoms with van der Waals surface area (Å²) in [6.45, 7) is 1.94. The van der Waals surface area contributed by atoms with Crippen molar-refractivity contribution in [2.24, 2.45) is 0 Å². The summed E-state index contributed by atoms with van der Waals surface area (Å²) < 4.78 is 6.12. The summed E-state index contributed by atoms with van der Waals surface area (Å²) >= 11 is 0. The van der Waals surface area contributed by atoms with Gasteiger partial charge in [-0.3, -0.25) is 0 Å². The van der Waals surface area contributed by atoms with E-state index in [1.165, 1.54) is 24.8 Å². The monoisotopic (exact) mass is 189 g/mol. The van der Waals surface area contributed by atoms with Crippen molar-refractivity contribution in [1.29, 1.82) is 0 Å². The summed E-state index contributed by atoms with van der Waals surface area (Å²) in [6.07, 6.45) is 3.71. The standard InChI is InChI=1S/C12H15NO/c1-2-5-11-10(4-1)8-13-9-12(14-11)6-3-7-12/h1-2,4-5,13H,3,6-9H2. The molecule has 0 unspecified atom stereocenters. The fraction of sp³-hybridized carbons (Fsp3) is 0.500. The van der Waals surface area contributed by atoms with Crippen molar-refractivity contribution >= 4 is 0 Å². The van der Waals surface area contributed by atoms with Gasteiger partial charge in [-0.1, -0.05) is 18.2 Å². The van der Waals surface area contributed by atoms with Gasteiger partial charge in [0.2, 0.25) is 0 Å². The van der Waals surface area contributed by atoms with E-state index in [9.17, 15) is 0 Å². The second kappa shape index (κ2) is 2.99. The van der Waals surface area contributed by atoms with Crippen molar-refractivity contribution in [3.05, 3.63) is 29.8 Å². The Labute approximate surface area is 84.3 Å². The Morgan fingerprint density at radius 1 is 1.21 bits per heavy atom. The maximum atomic E-state index is 6.12. The van der Waals surface area contributed by atoms with E-state index in [4.69, 9.17) is 4.74 Å². The maximum absolute atomic E-state index is 6.12. The van der Waals surface area contributed by atoms with E-state index < -0.39 is 0 Å². The Hall–Kier alpha value is -1.02. The van der Waals surface area contributed by atoms with Crippen LogP contribution in [0.2, 0.25) is 0 Å². The first-order valence-corrected chi connectivity index (χ1v) is 5.36. The molecule has 1 saturated carbocycles. The predicted molar refractivity (Wildman–Crippen MR) is 55.4 cm³/mol. The molecule has 1 aromatic rings. The molecule has 0 radical (unpaired) electrons. The number of hydrogen-bond donors (Lipinski definition) is 1. The zero-order valence-corrected chi connectivity index (χ0v) is 8.25. The lowest BCUT2D eigenvalue weighted by atomic mass is 9.80. The van der Waals surface area contributed by atoms with Crippen LogP contribution < -0.4 is 10.1 Å². The van der Waals surface area contributed by atoms with Crippen molar-refractivity contribution in [3.8, 4) is 5.75 Å². The maximum Gasteiger partial charge on any atom is 0.124 e. The highest BCUT2D eigenvalue weighted by molar-refractivity contribution is 5.35. The van der Waals surface area contributed by atoms with E-state index in [1.54, 1.807) is 0 Å². The molecule has 1 fully saturated rings. The van der Waals surface area contributed by atoms with E-state index in [0.717, 1.165) is 18.8 Å². The molecular weight excluding hydrogens is 174 g/mol. The summed E-state index contributed by atoms with van der Waals surface area (Å²) in [7, 11) is 0. The molecule has 0 aromatic heterocycles. The molecule has 0 amide bonds. The number of benzene rings is 1. The van der Waals surface area contributed by atoms with Crippen molar-refractivity contribution in [1.82, 2.24) is 5.32 Å². The minimum atomic E-state index is 0.118. The van der Waals surface area contributed by atoms with Gasteiger partial charge in [-0.25, -0.2) is 0 Å². The van der Waals surface area contributed by atoms with Crippen molar-refractivity contribution in [2.45, 2.75) is 31.4 Å². The van der Waals surface area contributed by atoms with Crippen LogP contribution in [0.15, 0.2) is 24.3 Å². The third-order valence-corrected chi connectivity index (χ3v) is 3.33. The normalized spacial score (nSPS) is 23.1. The van der Waals surface area contributed by atoms with E-state index in [2.05, 4.69) is 29.6 Å². The highest BCUT2D eigenvalue weighted by Gasteiger charge is 2.40. The Kier molecular flexibility index (Phi) is 1.77.